The summed E-state index contributed by atoms with van der Waals surface area (Å²) in [6.45, 7) is 0.412. The van der Waals surface area contributed by atoms with Crippen LogP contribution in [0, 0.1) is 5.82 Å². The zero-order valence-electron chi connectivity index (χ0n) is 16.9. The van der Waals surface area contributed by atoms with Crippen LogP contribution in [0.4, 0.5) is 10.1 Å². The summed E-state index contributed by atoms with van der Waals surface area (Å²) in [5.41, 5.74) is 2.05. The number of anilines is 1. The molecular weight excluding hydrogens is 409 g/mol. The first-order chi connectivity index (χ1) is 14.5. The van der Waals surface area contributed by atoms with Crippen LogP contribution < -0.4 is 19.5 Å². The molecule has 1 unspecified atom stereocenters. The predicted molar refractivity (Wildman–Crippen MR) is 115 cm³/mol. The maximum atomic E-state index is 14.7. The van der Waals surface area contributed by atoms with Crippen molar-refractivity contribution >= 4 is 17.3 Å². The quantitative estimate of drug-likeness (QED) is 0.513. The van der Waals surface area contributed by atoms with Crippen LogP contribution in [0.15, 0.2) is 54.6 Å². The van der Waals surface area contributed by atoms with Crippen LogP contribution in [0.3, 0.4) is 0 Å². The number of hydrogen-bond donors (Lipinski definition) is 2. The van der Waals surface area contributed by atoms with E-state index in [0.717, 1.165) is 5.56 Å². The lowest BCUT2D eigenvalue weighted by molar-refractivity contribution is 0.214. The normalized spacial score (nSPS) is 11.7. The van der Waals surface area contributed by atoms with E-state index in [1.54, 1.807) is 44.6 Å². The second-order valence-corrected chi connectivity index (χ2v) is 6.97. The van der Waals surface area contributed by atoms with Gasteiger partial charge in [0.15, 0.2) is 11.6 Å². The highest BCUT2D eigenvalue weighted by Gasteiger charge is 2.21. The minimum absolute atomic E-state index is 0.0612. The zero-order chi connectivity index (χ0) is 21.7. The molecule has 3 rings (SSSR count). The highest BCUT2D eigenvalue weighted by Crippen LogP contribution is 2.35. The monoisotopic (exact) mass is 431 g/mol. The molecule has 3 aromatic rings. The molecule has 0 saturated carbocycles. The van der Waals surface area contributed by atoms with Crippen molar-refractivity contribution in [2.45, 2.75) is 12.6 Å². The lowest BCUT2D eigenvalue weighted by Crippen LogP contribution is -2.09. The van der Waals surface area contributed by atoms with Gasteiger partial charge in [0.05, 0.1) is 21.3 Å². The number of benzene rings is 3. The summed E-state index contributed by atoms with van der Waals surface area (Å²) < 4.78 is 30.4. The largest absolute Gasteiger partial charge is 0.497 e. The molecule has 30 heavy (non-hydrogen) atoms. The molecule has 0 aliphatic carbocycles. The van der Waals surface area contributed by atoms with Gasteiger partial charge in [-0.15, -0.1) is 0 Å². The second kappa shape index (κ2) is 9.69. The number of aliphatic hydroxyl groups is 1. The van der Waals surface area contributed by atoms with Crippen molar-refractivity contribution in [3.63, 3.8) is 0 Å². The summed E-state index contributed by atoms with van der Waals surface area (Å²) in [4.78, 5) is 0. The molecule has 0 bridgehead atoms. The van der Waals surface area contributed by atoms with Crippen LogP contribution in [0.5, 0.6) is 17.2 Å². The topological polar surface area (TPSA) is 60.0 Å². The summed E-state index contributed by atoms with van der Waals surface area (Å²) in [6.07, 6.45) is -1.24. The molecule has 2 N–H and O–H groups in total. The Labute approximate surface area is 180 Å². The SMILES string of the molecule is COc1ccc(CNc2ccc(Cl)cc2C(O)c2cccc(OC)c2F)c(OC)c1. The van der Waals surface area contributed by atoms with E-state index in [-0.39, 0.29) is 11.3 Å². The Morgan fingerprint density at radius 1 is 0.933 bits per heavy atom. The summed E-state index contributed by atoms with van der Waals surface area (Å²) in [6, 6.07) is 15.2. The summed E-state index contributed by atoms with van der Waals surface area (Å²) in [5, 5.41) is 14.6. The molecule has 0 saturated heterocycles. The van der Waals surface area contributed by atoms with Crippen molar-refractivity contribution in [1.82, 2.24) is 0 Å². The third-order valence-corrected chi connectivity index (χ3v) is 5.01. The van der Waals surface area contributed by atoms with Crippen LogP contribution in [-0.2, 0) is 6.54 Å². The highest BCUT2D eigenvalue weighted by atomic mass is 35.5. The Kier molecular flexibility index (Phi) is 7.03. The minimum Gasteiger partial charge on any atom is -0.497 e. The number of nitrogens with one attached hydrogen (secondary N) is 1. The maximum Gasteiger partial charge on any atom is 0.171 e. The molecule has 0 radical (unpaired) electrons. The molecular formula is C23H23ClFNO4. The van der Waals surface area contributed by atoms with E-state index in [2.05, 4.69) is 5.32 Å². The third kappa shape index (κ3) is 4.61. The molecule has 0 spiro atoms. The Hall–Kier alpha value is -2.96. The van der Waals surface area contributed by atoms with Crippen LogP contribution in [0.25, 0.3) is 0 Å². The number of hydrogen-bond acceptors (Lipinski definition) is 5. The van der Waals surface area contributed by atoms with Gasteiger partial charge < -0.3 is 24.6 Å². The van der Waals surface area contributed by atoms with E-state index in [0.29, 0.717) is 34.3 Å². The van der Waals surface area contributed by atoms with Gasteiger partial charge in [0.2, 0.25) is 0 Å². The average molecular weight is 432 g/mol. The van der Waals surface area contributed by atoms with Crippen LogP contribution in [-0.4, -0.2) is 26.4 Å². The van der Waals surface area contributed by atoms with E-state index < -0.39 is 11.9 Å². The molecule has 1 atom stereocenters. The van der Waals surface area contributed by atoms with Crippen molar-refractivity contribution in [2.75, 3.05) is 26.6 Å². The lowest BCUT2D eigenvalue weighted by Gasteiger charge is -2.19. The van der Waals surface area contributed by atoms with Gasteiger partial charge in [-0.1, -0.05) is 23.7 Å². The van der Waals surface area contributed by atoms with Crippen LogP contribution in [0.2, 0.25) is 5.02 Å². The first kappa shape index (κ1) is 21.7. The fourth-order valence-electron chi connectivity index (χ4n) is 3.17. The predicted octanol–water partition coefficient (Wildman–Crippen LogP) is 5.20. The Morgan fingerprint density at radius 2 is 1.70 bits per heavy atom. The number of rotatable bonds is 8. The standard InChI is InChI=1S/C23H23ClFNO4/c1-28-16-9-7-14(21(12-16)30-3)13-26-19-10-8-15(24)11-18(19)23(27)17-5-4-6-20(29-2)22(17)25/h4-12,23,26-27H,13H2,1-3H3. The smallest absolute Gasteiger partial charge is 0.171 e. The van der Waals surface area contributed by atoms with Gasteiger partial charge in [-0.3, -0.25) is 0 Å². The van der Waals surface area contributed by atoms with Crippen molar-refractivity contribution in [2.24, 2.45) is 0 Å². The van der Waals surface area contributed by atoms with Crippen molar-refractivity contribution in [3.8, 4) is 17.2 Å². The molecule has 158 valence electrons. The first-order valence-corrected chi connectivity index (χ1v) is 9.61. The first-order valence-electron chi connectivity index (χ1n) is 9.23. The number of aliphatic hydroxyl groups excluding tert-OH is 1. The van der Waals surface area contributed by atoms with Gasteiger partial charge in [0.1, 0.15) is 17.6 Å². The molecule has 0 amide bonds. The highest BCUT2D eigenvalue weighted by molar-refractivity contribution is 6.30. The van der Waals surface area contributed by atoms with Gasteiger partial charge in [0, 0.05) is 40.0 Å². The van der Waals surface area contributed by atoms with Gasteiger partial charge in [-0.25, -0.2) is 4.39 Å². The zero-order valence-corrected chi connectivity index (χ0v) is 17.7. The molecule has 0 fully saturated rings. The summed E-state index contributed by atoms with van der Waals surface area (Å²) in [5.74, 6) is 0.796. The molecule has 0 aliphatic heterocycles. The average Bonchev–Trinajstić information content (AvgIpc) is 2.77. The van der Waals surface area contributed by atoms with Crippen molar-refractivity contribution in [3.05, 3.63) is 82.1 Å². The van der Waals surface area contributed by atoms with E-state index in [1.165, 1.54) is 19.2 Å². The molecule has 5 nitrogen and oxygen atoms in total. The lowest BCUT2D eigenvalue weighted by atomic mass is 9.98. The Balaban J connectivity index is 1.91. The summed E-state index contributed by atoms with van der Waals surface area (Å²) in [7, 11) is 4.55. The fraction of sp³-hybridized carbons (Fsp3) is 0.217. The molecule has 0 aliphatic rings. The molecule has 0 heterocycles. The van der Waals surface area contributed by atoms with Crippen molar-refractivity contribution < 1.29 is 23.7 Å². The van der Waals surface area contributed by atoms with Gasteiger partial charge in [0.25, 0.3) is 0 Å². The number of ether oxygens (including phenoxy) is 3. The number of halogens is 2. The van der Waals surface area contributed by atoms with E-state index in [4.69, 9.17) is 25.8 Å². The van der Waals surface area contributed by atoms with Gasteiger partial charge in [-0.2, -0.15) is 0 Å². The van der Waals surface area contributed by atoms with Crippen molar-refractivity contribution in [1.29, 1.82) is 0 Å². The maximum absolute atomic E-state index is 14.7. The number of methoxy groups -OCH3 is 3. The summed E-state index contributed by atoms with van der Waals surface area (Å²) >= 11 is 6.15. The van der Waals surface area contributed by atoms with E-state index in [1.807, 2.05) is 12.1 Å². The molecule has 0 aromatic heterocycles. The van der Waals surface area contributed by atoms with Crippen LogP contribution in [0.1, 0.15) is 22.8 Å². The Bertz CT molecular complexity index is 1030. The minimum atomic E-state index is -1.24. The van der Waals surface area contributed by atoms with Gasteiger partial charge in [-0.05, 0) is 36.4 Å². The fourth-order valence-corrected chi connectivity index (χ4v) is 3.35. The van der Waals surface area contributed by atoms with E-state index in [9.17, 15) is 9.50 Å². The van der Waals surface area contributed by atoms with Gasteiger partial charge >= 0.3 is 0 Å². The van der Waals surface area contributed by atoms with Crippen LogP contribution >= 0.6 is 11.6 Å². The molecule has 7 heteroatoms. The molecule has 3 aromatic carbocycles. The van der Waals surface area contributed by atoms with E-state index >= 15 is 0 Å². The second-order valence-electron chi connectivity index (χ2n) is 6.53. The third-order valence-electron chi connectivity index (χ3n) is 4.78. The Morgan fingerprint density at radius 3 is 2.40 bits per heavy atom.